The molecule has 1 N–H and O–H groups in total. The molecule has 1 aliphatic rings. The summed E-state index contributed by atoms with van der Waals surface area (Å²) < 4.78 is 0. The molecule has 0 radical (unpaired) electrons. The number of hydrogen-bond acceptors (Lipinski definition) is 5. The van der Waals surface area contributed by atoms with Crippen molar-refractivity contribution >= 4 is 17.1 Å². The summed E-state index contributed by atoms with van der Waals surface area (Å²) in [6.07, 6.45) is 2.20. The molecule has 0 atom stereocenters. The topological polar surface area (TPSA) is 61.6 Å². The molecule has 1 aromatic rings. The van der Waals surface area contributed by atoms with E-state index < -0.39 is 0 Å². The molecule has 6 heteroatoms. The molecule has 0 amide bonds. The van der Waals surface area contributed by atoms with Gasteiger partial charge in [-0.25, -0.2) is 0 Å². The van der Waals surface area contributed by atoms with Gasteiger partial charge in [0.05, 0.1) is 4.92 Å². The van der Waals surface area contributed by atoms with Crippen LogP contribution < -0.4 is 10.2 Å². The number of rotatable bonds is 5. The van der Waals surface area contributed by atoms with E-state index in [1.165, 1.54) is 0 Å². The summed E-state index contributed by atoms with van der Waals surface area (Å²) in [5.41, 5.74) is 1.82. The maximum absolute atomic E-state index is 11.1. The molecule has 1 fully saturated rings. The number of anilines is 2. The maximum atomic E-state index is 11.1. The normalized spacial score (nSPS) is 16.7. The minimum atomic E-state index is -0.335. The van der Waals surface area contributed by atoms with Crippen LogP contribution in [0.4, 0.5) is 17.1 Å². The van der Waals surface area contributed by atoms with E-state index in [4.69, 9.17) is 0 Å². The smallest absolute Gasteiger partial charge is 0.273 e. The molecular formula is C15H24N4O2. The highest BCUT2D eigenvalue weighted by atomic mass is 16.6. The summed E-state index contributed by atoms with van der Waals surface area (Å²) in [5.74, 6) is 0. The molecule has 2 rings (SSSR count). The van der Waals surface area contributed by atoms with Crippen LogP contribution in [-0.2, 0) is 0 Å². The third-order valence-electron chi connectivity index (χ3n) is 4.36. The summed E-state index contributed by atoms with van der Waals surface area (Å²) >= 11 is 0. The third kappa shape index (κ3) is 3.64. The SMILES string of the molecule is CCN1CCC(N(C)c2cc(NC)cc([N+](=O)[O-])c2)CC1. The van der Waals surface area contributed by atoms with Gasteiger partial charge in [-0.1, -0.05) is 6.92 Å². The van der Waals surface area contributed by atoms with Gasteiger partial charge in [-0.05, 0) is 25.5 Å². The van der Waals surface area contributed by atoms with Gasteiger partial charge in [-0.2, -0.15) is 0 Å². The third-order valence-corrected chi connectivity index (χ3v) is 4.36. The molecule has 0 saturated carbocycles. The number of hydrogen-bond donors (Lipinski definition) is 1. The van der Waals surface area contributed by atoms with Crippen LogP contribution in [0.3, 0.4) is 0 Å². The number of nitrogens with one attached hydrogen (secondary N) is 1. The Kier molecular flexibility index (Phi) is 5.01. The highest BCUT2D eigenvalue weighted by molar-refractivity contribution is 5.64. The van der Waals surface area contributed by atoms with E-state index in [-0.39, 0.29) is 10.6 Å². The number of non-ortho nitro benzene ring substituents is 1. The van der Waals surface area contributed by atoms with Crippen LogP contribution >= 0.6 is 0 Å². The minimum Gasteiger partial charge on any atom is -0.388 e. The molecule has 0 aromatic heterocycles. The minimum absolute atomic E-state index is 0.134. The first-order chi connectivity index (χ1) is 10.0. The molecule has 0 spiro atoms. The number of piperidine rings is 1. The second kappa shape index (κ2) is 6.76. The zero-order valence-electron chi connectivity index (χ0n) is 13.0. The van der Waals surface area contributed by atoms with Crippen molar-refractivity contribution in [3.63, 3.8) is 0 Å². The van der Waals surface area contributed by atoms with Gasteiger partial charge in [-0.3, -0.25) is 10.1 Å². The maximum Gasteiger partial charge on any atom is 0.273 e. The lowest BCUT2D eigenvalue weighted by atomic mass is 10.0. The van der Waals surface area contributed by atoms with E-state index >= 15 is 0 Å². The Morgan fingerprint density at radius 2 is 2.05 bits per heavy atom. The lowest BCUT2D eigenvalue weighted by molar-refractivity contribution is -0.384. The molecule has 0 unspecified atom stereocenters. The quantitative estimate of drug-likeness (QED) is 0.667. The Bertz CT molecular complexity index is 498. The fourth-order valence-electron chi connectivity index (χ4n) is 2.88. The van der Waals surface area contributed by atoms with Gasteiger partial charge in [0.15, 0.2) is 0 Å². The monoisotopic (exact) mass is 292 g/mol. The first kappa shape index (κ1) is 15.6. The van der Waals surface area contributed by atoms with E-state index in [0.29, 0.717) is 6.04 Å². The van der Waals surface area contributed by atoms with Crippen LogP contribution in [0.5, 0.6) is 0 Å². The van der Waals surface area contributed by atoms with Gasteiger partial charge < -0.3 is 15.1 Å². The van der Waals surface area contributed by atoms with Gasteiger partial charge in [-0.15, -0.1) is 0 Å². The van der Waals surface area contributed by atoms with Crippen LogP contribution in [0.15, 0.2) is 18.2 Å². The Morgan fingerprint density at radius 1 is 1.38 bits per heavy atom. The molecule has 6 nitrogen and oxygen atoms in total. The zero-order valence-corrected chi connectivity index (χ0v) is 13.0. The fourth-order valence-corrected chi connectivity index (χ4v) is 2.88. The summed E-state index contributed by atoms with van der Waals surface area (Å²) in [6, 6.07) is 5.64. The van der Waals surface area contributed by atoms with E-state index in [9.17, 15) is 10.1 Å². The summed E-state index contributed by atoms with van der Waals surface area (Å²) in [5, 5.41) is 14.1. The fraction of sp³-hybridized carbons (Fsp3) is 0.600. The Hall–Kier alpha value is -1.82. The molecule has 21 heavy (non-hydrogen) atoms. The molecule has 1 heterocycles. The highest BCUT2D eigenvalue weighted by Gasteiger charge is 2.23. The predicted octanol–water partition coefficient (Wildman–Crippen LogP) is 2.56. The number of benzene rings is 1. The van der Waals surface area contributed by atoms with Crippen molar-refractivity contribution in [2.75, 3.05) is 43.9 Å². The molecule has 0 aliphatic carbocycles. The molecular weight excluding hydrogens is 268 g/mol. The van der Waals surface area contributed by atoms with Crippen LogP contribution in [-0.4, -0.2) is 49.6 Å². The summed E-state index contributed by atoms with van der Waals surface area (Å²) in [6.45, 7) is 5.47. The Morgan fingerprint density at radius 3 is 2.57 bits per heavy atom. The van der Waals surface area contributed by atoms with E-state index in [0.717, 1.165) is 43.9 Å². The first-order valence-electron chi connectivity index (χ1n) is 7.47. The van der Waals surface area contributed by atoms with E-state index in [1.54, 1.807) is 19.2 Å². The first-order valence-corrected chi connectivity index (χ1v) is 7.47. The number of nitrogens with zero attached hydrogens (tertiary/aromatic N) is 3. The number of likely N-dealkylation sites (tertiary alicyclic amines) is 1. The van der Waals surface area contributed by atoms with Crippen LogP contribution in [0.1, 0.15) is 19.8 Å². The van der Waals surface area contributed by atoms with Crippen molar-refractivity contribution in [2.24, 2.45) is 0 Å². The van der Waals surface area contributed by atoms with E-state index in [1.807, 2.05) is 13.1 Å². The van der Waals surface area contributed by atoms with Gasteiger partial charge >= 0.3 is 0 Å². The van der Waals surface area contributed by atoms with Gasteiger partial charge in [0.1, 0.15) is 0 Å². The molecule has 116 valence electrons. The predicted molar refractivity (Wildman–Crippen MR) is 86.2 cm³/mol. The van der Waals surface area contributed by atoms with Crippen molar-refractivity contribution in [2.45, 2.75) is 25.8 Å². The van der Waals surface area contributed by atoms with Crippen molar-refractivity contribution in [1.82, 2.24) is 4.90 Å². The van der Waals surface area contributed by atoms with Gasteiger partial charge in [0, 0.05) is 56.7 Å². The summed E-state index contributed by atoms with van der Waals surface area (Å²) in [7, 11) is 3.81. The summed E-state index contributed by atoms with van der Waals surface area (Å²) in [4.78, 5) is 15.3. The standard InChI is InChI=1S/C15H24N4O2/c1-4-18-7-5-13(6-8-18)17(3)14-9-12(16-2)10-15(11-14)19(20)21/h9-11,13,16H,4-8H2,1-3H3. The lowest BCUT2D eigenvalue weighted by Gasteiger charge is -2.37. The average Bonchev–Trinajstić information content (AvgIpc) is 2.53. The average molecular weight is 292 g/mol. The second-order valence-electron chi connectivity index (χ2n) is 5.52. The van der Waals surface area contributed by atoms with Crippen LogP contribution in [0.25, 0.3) is 0 Å². The lowest BCUT2D eigenvalue weighted by Crippen LogP contribution is -2.43. The zero-order chi connectivity index (χ0) is 15.4. The van der Waals surface area contributed by atoms with Crippen molar-refractivity contribution < 1.29 is 4.92 Å². The molecule has 0 bridgehead atoms. The number of nitro groups is 1. The van der Waals surface area contributed by atoms with Gasteiger partial charge in [0.25, 0.3) is 5.69 Å². The molecule has 1 aromatic carbocycles. The molecule has 1 saturated heterocycles. The highest BCUT2D eigenvalue weighted by Crippen LogP contribution is 2.29. The largest absolute Gasteiger partial charge is 0.388 e. The number of nitro benzene ring substituents is 1. The van der Waals surface area contributed by atoms with Crippen LogP contribution in [0.2, 0.25) is 0 Å². The molecule has 1 aliphatic heterocycles. The van der Waals surface area contributed by atoms with Crippen molar-refractivity contribution in [1.29, 1.82) is 0 Å². The van der Waals surface area contributed by atoms with E-state index in [2.05, 4.69) is 22.0 Å². The van der Waals surface area contributed by atoms with Crippen molar-refractivity contribution in [3.05, 3.63) is 28.3 Å². The Balaban J connectivity index is 2.16. The second-order valence-corrected chi connectivity index (χ2v) is 5.52. The Labute approximate surface area is 125 Å². The van der Waals surface area contributed by atoms with Crippen LogP contribution in [0, 0.1) is 10.1 Å². The van der Waals surface area contributed by atoms with Crippen molar-refractivity contribution in [3.8, 4) is 0 Å². The van der Waals surface area contributed by atoms with Gasteiger partial charge in [0.2, 0.25) is 0 Å².